The molecule has 1 aliphatic heterocycles. The van der Waals surface area contributed by atoms with Crippen molar-refractivity contribution >= 4 is 18.0 Å². The van der Waals surface area contributed by atoms with Gasteiger partial charge in [-0.25, -0.2) is 4.79 Å². The Kier molecular flexibility index (Phi) is 8.17. The number of aliphatic imine (C=N–C) groups is 1. The van der Waals surface area contributed by atoms with Crippen molar-refractivity contribution in [1.29, 1.82) is 0 Å². The summed E-state index contributed by atoms with van der Waals surface area (Å²) >= 11 is 0. The topological polar surface area (TPSA) is 83.5 Å². The summed E-state index contributed by atoms with van der Waals surface area (Å²) in [5.41, 5.74) is -0.511. The highest BCUT2D eigenvalue weighted by atomic mass is 16.6. The molecule has 1 heterocycles. The molecule has 0 bridgehead atoms. The summed E-state index contributed by atoms with van der Waals surface area (Å²) < 4.78 is 10.3. The minimum Gasteiger partial charge on any atom is -0.469 e. The standard InChI is InChI=1S/C18H34N4O4/c1-8-21(17(24)26-18(3,4)5)10-9-20-16(19-6)22-11-13(2)14(12-22)15(23)25-7/h13-14H,8-12H2,1-7H3,(H,19,20). The predicted octanol–water partition coefficient (Wildman–Crippen LogP) is 1.56. The molecule has 1 aliphatic rings. The second-order valence-electron chi connectivity index (χ2n) is 7.55. The average molecular weight is 370 g/mol. The van der Waals surface area contributed by atoms with Crippen LogP contribution in [0.15, 0.2) is 4.99 Å². The molecule has 0 aromatic heterocycles. The number of methoxy groups -OCH3 is 1. The number of nitrogens with zero attached hydrogens (tertiary/aromatic N) is 3. The van der Waals surface area contributed by atoms with Crippen LogP contribution in [0.3, 0.4) is 0 Å². The third kappa shape index (κ3) is 6.38. The molecule has 0 aliphatic carbocycles. The molecule has 1 rings (SSSR count). The van der Waals surface area contributed by atoms with Crippen LogP contribution >= 0.6 is 0 Å². The van der Waals surface area contributed by atoms with E-state index in [4.69, 9.17) is 9.47 Å². The Morgan fingerprint density at radius 3 is 2.46 bits per heavy atom. The van der Waals surface area contributed by atoms with Crippen LogP contribution in [0.1, 0.15) is 34.6 Å². The van der Waals surface area contributed by atoms with E-state index in [1.165, 1.54) is 7.11 Å². The molecule has 2 atom stereocenters. The number of hydrogen-bond donors (Lipinski definition) is 1. The Morgan fingerprint density at radius 1 is 1.31 bits per heavy atom. The van der Waals surface area contributed by atoms with E-state index in [-0.39, 0.29) is 23.9 Å². The van der Waals surface area contributed by atoms with Gasteiger partial charge in [0.15, 0.2) is 5.96 Å². The lowest BCUT2D eigenvalue weighted by molar-refractivity contribution is -0.146. The number of amides is 1. The monoisotopic (exact) mass is 370 g/mol. The van der Waals surface area contributed by atoms with E-state index in [9.17, 15) is 9.59 Å². The van der Waals surface area contributed by atoms with Crippen LogP contribution in [-0.4, -0.2) is 80.3 Å². The van der Waals surface area contributed by atoms with E-state index in [0.717, 1.165) is 12.5 Å². The SMILES string of the molecule is CCN(CCNC(=NC)N1CC(C)C(C(=O)OC)C1)C(=O)OC(C)(C)C. The first-order valence-electron chi connectivity index (χ1n) is 9.14. The summed E-state index contributed by atoms with van der Waals surface area (Å²) in [5.74, 6) is 0.600. The number of rotatable bonds is 5. The van der Waals surface area contributed by atoms with Gasteiger partial charge in [0.25, 0.3) is 0 Å². The third-order valence-electron chi connectivity index (χ3n) is 4.33. The van der Waals surface area contributed by atoms with Gasteiger partial charge in [-0.15, -0.1) is 0 Å². The van der Waals surface area contributed by atoms with Gasteiger partial charge in [0.2, 0.25) is 0 Å². The molecule has 0 aromatic rings. The molecule has 2 unspecified atom stereocenters. The largest absolute Gasteiger partial charge is 0.469 e. The van der Waals surface area contributed by atoms with Crippen LogP contribution in [0.2, 0.25) is 0 Å². The number of ether oxygens (including phenoxy) is 2. The summed E-state index contributed by atoms with van der Waals surface area (Å²) in [6, 6.07) is 0. The highest BCUT2D eigenvalue weighted by molar-refractivity contribution is 5.82. The van der Waals surface area contributed by atoms with Crippen LogP contribution in [0, 0.1) is 11.8 Å². The van der Waals surface area contributed by atoms with Crippen LogP contribution in [0.5, 0.6) is 0 Å². The molecule has 0 saturated carbocycles. The fourth-order valence-electron chi connectivity index (χ4n) is 2.94. The highest BCUT2D eigenvalue weighted by Crippen LogP contribution is 2.24. The number of hydrogen-bond acceptors (Lipinski definition) is 5. The van der Waals surface area contributed by atoms with Crippen molar-refractivity contribution in [1.82, 2.24) is 15.1 Å². The first-order valence-corrected chi connectivity index (χ1v) is 9.14. The van der Waals surface area contributed by atoms with E-state index < -0.39 is 5.60 Å². The second-order valence-corrected chi connectivity index (χ2v) is 7.55. The minimum atomic E-state index is -0.511. The number of likely N-dealkylation sites (N-methyl/N-ethyl adjacent to an activating group) is 1. The van der Waals surface area contributed by atoms with E-state index in [1.807, 2.05) is 34.6 Å². The highest BCUT2D eigenvalue weighted by Gasteiger charge is 2.36. The molecule has 0 spiro atoms. The summed E-state index contributed by atoms with van der Waals surface area (Å²) in [4.78, 5) is 32.0. The third-order valence-corrected chi connectivity index (χ3v) is 4.33. The van der Waals surface area contributed by atoms with Gasteiger partial charge in [0, 0.05) is 39.8 Å². The maximum absolute atomic E-state index is 12.2. The van der Waals surface area contributed by atoms with Gasteiger partial charge in [0.05, 0.1) is 13.0 Å². The molecule has 8 nitrogen and oxygen atoms in total. The number of carbonyl (C=O) groups is 2. The zero-order valence-corrected chi connectivity index (χ0v) is 17.2. The number of guanidine groups is 1. The molecular weight excluding hydrogens is 336 g/mol. The quantitative estimate of drug-likeness (QED) is 0.449. The molecule has 8 heteroatoms. The number of likely N-dealkylation sites (tertiary alicyclic amines) is 1. The number of nitrogens with one attached hydrogen (secondary N) is 1. The zero-order chi connectivity index (χ0) is 19.9. The molecule has 1 saturated heterocycles. The Labute approximate surface area is 156 Å². The smallest absolute Gasteiger partial charge is 0.410 e. The van der Waals surface area contributed by atoms with Crippen molar-refractivity contribution in [3.05, 3.63) is 0 Å². The lowest BCUT2D eigenvalue weighted by Gasteiger charge is -2.27. The lowest BCUT2D eigenvalue weighted by Crippen LogP contribution is -2.45. The van der Waals surface area contributed by atoms with Crippen LogP contribution in [0.4, 0.5) is 4.79 Å². The van der Waals surface area contributed by atoms with Gasteiger partial charge < -0.3 is 24.6 Å². The molecule has 26 heavy (non-hydrogen) atoms. The summed E-state index contributed by atoms with van der Waals surface area (Å²) in [7, 11) is 3.13. The predicted molar refractivity (Wildman–Crippen MR) is 101 cm³/mol. The molecule has 150 valence electrons. The average Bonchev–Trinajstić information content (AvgIpc) is 2.94. The maximum Gasteiger partial charge on any atom is 0.410 e. The van der Waals surface area contributed by atoms with E-state index in [1.54, 1.807) is 11.9 Å². The van der Waals surface area contributed by atoms with Crippen LogP contribution < -0.4 is 5.32 Å². The summed E-state index contributed by atoms with van der Waals surface area (Å²) in [6.45, 7) is 12.5. The van der Waals surface area contributed by atoms with Crippen molar-refractivity contribution in [3.8, 4) is 0 Å². The Balaban J connectivity index is 2.54. The summed E-state index contributed by atoms with van der Waals surface area (Å²) in [6.07, 6.45) is -0.322. The minimum absolute atomic E-state index is 0.146. The lowest BCUT2D eigenvalue weighted by atomic mass is 9.99. The first-order chi connectivity index (χ1) is 12.1. The second kappa shape index (κ2) is 9.64. The molecule has 1 N–H and O–H groups in total. The van der Waals surface area contributed by atoms with Gasteiger partial charge in [-0.1, -0.05) is 6.92 Å². The van der Waals surface area contributed by atoms with Crippen molar-refractivity contribution in [2.45, 2.75) is 40.2 Å². The van der Waals surface area contributed by atoms with E-state index in [2.05, 4.69) is 15.2 Å². The van der Waals surface area contributed by atoms with Gasteiger partial charge in [-0.05, 0) is 33.6 Å². The van der Waals surface area contributed by atoms with Crippen molar-refractivity contribution in [2.24, 2.45) is 16.8 Å². The normalized spacial score (nSPS) is 20.7. The van der Waals surface area contributed by atoms with E-state index in [0.29, 0.717) is 26.2 Å². The molecular formula is C18H34N4O4. The van der Waals surface area contributed by atoms with Crippen LogP contribution in [-0.2, 0) is 14.3 Å². The molecule has 0 radical (unpaired) electrons. The number of esters is 1. The fourth-order valence-corrected chi connectivity index (χ4v) is 2.94. The maximum atomic E-state index is 12.2. The fraction of sp³-hybridized carbons (Fsp3) is 0.833. The Morgan fingerprint density at radius 2 is 1.96 bits per heavy atom. The Hall–Kier alpha value is -1.99. The van der Waals surface area contributed by atoms with Gasteiger partial charge in [0.1, 0.15) is 5.60 Å². The zero-order valence-electron chi connectivity index (χ0n) is 17.2. The van der Waals surface area contributed by atoms with Gasteiger partial charge in [-0.2, -0.15) is 0 Å². The molecule has 1 fully saturated rings. The van der Waals surface area contributed by atoms with Crippen molar-refractivity contribution in [2.75, 3.05) is 46.9 Å². The first kappa shape index (κ1) is 22.1. The van der Waals surface area contributed by atoms with Crippen molar-refractivity contribution in [3.63, 3.8) is 0 Å². The van der Waals surface area contributed by atoms with Crippen LogP contribution in [0.25, 0.3) is 0 Å². The number of carbonyl (C=O) groups excluding carboxylic acids is 2. The molecule has 0 aromatic carbocycles. The van der Waals surface area contributed by atoms with E-state index >= 15 is 0 Å². The van der Waals surface area contributed by atoms with Gasteiger partial charge in [-0.3, -0.25) is 9.79 Å². The summed E-state index contributed by atoms with van der Waals surface area (Å²) in [5, 5.41) is 3.27. The Bertz CT molecular complexity index is 516. The molecule has 1 amide bonds. The van der Waals surface area contributed by atoms with Gasteiger partial charge >= 0.3 is 12.1 Å². The van der Waals surface area contributed by atoms with Crippen molar-refractivity contribution < 1.29 is 19.1 Å².